The quantitative estimate of drug-likeness (QED) is 0.648. The monoisotopic (exact) mass is 233 g/mol. The van der Waals surface area contributed by atoms with E-state index >= 15 is 0 Å². The van der Waals surface area contributed by atoms with E-state index in [2.05, 4.69) is 49.9 Å². The molecule has 96 valence electrons. The summed E-state index contributed by atoms with van der Waals surface area (Å²) in [5, 5.41) is 0. The summed E-state index contributed by atoms with van der Waals surface area (Å²) in [6.45, 7) is 10.3. The van der Waals surface area contributed by atoms with Crippen molar-refractivity contribution < 1.29 is 0 Å². The molecule has 0 unspecified atom stereocenters. The molecule has 0 aliphatic carbocycles. The van der Waals surface area contributed by atoms with Crippen LogP contribution in [-0.2, 0) is 13.0 Å². The van der Waals surface area contributed by atoms with Crippen LogP contribution in [0.3, 0.4) is 0 Å². The predicted octanol–water partition coefficient (Wildman–Crippen LogP) is 4.26. The molecule has 1 nitrogen and oxygen atoms in total. The topological polar surface area (TPSA) is 3.24 Å². The summed E-state index contributed by atoms with van der Waals surface area (Å²) in [7, 11) is 0. The second-order valence-electron chi connectivity index (χ2n) is 4.85. The summed E-state index contributed by atoms with van der Waals surface area (Å²) in [4.78, 5) is 2.56. The third kappa shape index (κ3) is 5.36. The molecule has 0 atom stereocenters. The maximum absolute atomic E-state index is 2.56. The van der Waals surface area contributed by atoms with E-state index in [4.69, 9.17) is 0 Å². The van der Waals surface area contributed by atoms with Crippen LogP contribution in [0.5, 0.6) is 0 Å². The van der Waals surface area contributed by atoms with Gasteiger partial charge in [0.15, 0.2) is 0 Å². The van der Waals surface area contributed by atoms with Crippen LogP contribution < -0.4 is 0 Å². The molecule has 0 radical (unpaired) electrons. The number of rotatable bonds is 8. The zero-order valence-corrected chi connectivity index (χ0v) is 11.7. The highest BCUT2D eigenvalue weighted by Gasteiger charge is 2.04. The van der Waals surface area contributed by atoms with Gasteiger partial charge in [-0.15, -0.1) is 0 Å². The summed E-state index contributed by atoms with van der Waals surface area (Å²) in [5.41, 5.74) is 2.95. The van der Waals surface area contributed by atoms with Crippen molar-refractivity contribution in [2.75, 3.05) is 13.1 Å². The second-order valence-corrected chi connectivity index (χ2v) is 4.85. The smallest absolute Gasteiger partial charge is 0.0233 e. The number of hydrogen-bond donors (Lipinski definition) is 0. The lowest BCUT2D eigenvalue weighted by Gasteiger charge is -2.21. The molecule has 0 amide bonds. The molecule has 0 N–H and O–H groups in total. The summed E-state index contributed by atoms with van der Waals surface area (Å²) >= 11 is 0. The highest BCUT2D eigenvalue weighted by molar-refractivity contribution is 5.23. The molecule has 1 heteroatoms. The first-order valence-electron chi connectivity index (χ1n) is 7.10. The van der Waals surface area contributed by atoms with Crippen molar-refractivity contribution in [3.63, 3.8) is 0 Å². The van der Waals surface area contributed by atoms with Crippen molar-refractivity contribution in [1.82, 2.24) is 4.90 Å². The van der Waals surface area contributed by atoms with Gasteiger partial charge in [0.25, 0.3) is 0 Å². The summed E-state index contributed by atoms with van der Waals surface area (Å²) in [5.74, 6) is 0. The molecule has 1 aromatic rings. The molecule has 1 aromatic carbocycles. The molecule has 17 heavy (non-hydrogen) atoms. The minimum absolute atomic E-state index is 1.11. The van der Waals surface area contributed by atoms with Gasteiger partial charge >= 0.3 is 0 Å². The Balaban J connectivity index is 2.60. The summed E-state index contributed by atoms with van der Waals surface area (Å²) in [6, 6.07) is 9.09. The molecule has 0 aliphatic rings. The van der Waals surface area contributed by atoms with Crippen LogP contribution in [0.2, 0.25) is 0 Å². The Morgan fingerprint density at radius 2 is 1.53 bits per heavy atom. The molecular formula is C16H27N. The molecule has 0 aliphatic heterocycles. The average molecular weight is 233 g/mol. The number of nitrogens with zero attached hydrogens (tertiary/aromatic N) is 1. The van der Waals surface area contributed by atoms with Gasteiger partial charge in [0, 0.05) is 6.54 Å². The van der Waals surface area contributed by atoms with E-state index in [1.807, 2.05) is 0 Å². The van der Waals surface area contributed by atoms with E-state index in [0.29, 0.717) is 0 Å². The van der Waals surface area contributed by atoms with Crippen LogP contribution in [0, 0.1) is 0 Å². The van der Waals surface area contributed by atoms with Gasteiger partial charge in [0.05, 0.1) is 0 Å². The van der Waals surface area contributed by atoms with E-state index in [1.54, 1.807) is 0 Å². The SMILES string of the molecule is CCCc1cccc(CN(CCC)CCC)c1. The summed E-state index contributed by atoms with van der Waals surface area (Å²) < 4.78 is 0. The number of aryl methyl sites for hydroxylation is 1. The van der Waals surface area contributed by atoms with Crippen molar-refractivity contribution >= 4 is 0 Å². The zero-order valence-electron chi connectivity index (χ0n) is 11.7. The fourth-order valence-electron chi connectivity index (χ4n) is 2.33. The fraction of sp³-hybridized carbons (Fsp3) is 0.625. The molecule has 0 fully saturated rings. The lowest BCUT2D eigenvalue weighted by atomic mass is 10.1. The maximum atomic E-state index is 2.56. The minimum atomic E-state index is 1.11. The third-order valence-corrected chi connectivity index (χ3v) is 3.02. The Morgan fingerprint density at radius 3 is 2.12 bits per heavy atom. The van der Waals surface area contributed by atoms with Gasteiger partial charge in [-0.05, 0) is 43.5 Å². The molecule has 0 saturated heterocycles. The second kappa shape index (κ2) is 8.30. The van der Waals surface area contributed by atoms with Crippen LogP contribution in [0.15, 0.2) is 24.3 Å². The Labute approximate surface area is 107 Å². The zero-order chi connectivity index (χ0) is 12.5. The maximum Gasteiger partial charge on any atom is 0.0233 e. The first kappa shape index (κ1) is 14.2. The average Bonchev–Trinajstić information content (AvgIpc) is 2.30. The van der Waals surface area contributed by atoms with Crippen molar-refractivity contribution in [1.29, 1.82) is 0 Å². The van der Waals surface area contributed by atoms with E-state index < -0.39 is 0 Å². The number of benzene rings is 1. The van der Waals surface area contributed by atoms with Crippen molar-refractivity contribution in [2.45, 2.75) is 53.0 Å². The van der Waals surface area contributed by atoms with E-state index in [1.165, 1.54) is 49.9 Å². The van der Waals surface area contributed by atoms with Crippen LogP contribution in [0.4, 0.5) is 0 Å². The van der Waals surface area contributed by atoms with Gasteiger partial charge in [0.1, 0.15) is 0 Å². The molecule has 1 rings (SSSR count). The highest BCUT2D eigenvalue weighted by Crippen LogP contribution is 2.10. The Morgan fingerprint density at radius 1 is 0.882 bits per heavy atom. The molecule has 0 spiro atoms. The first-order valence-corrected chi connectivity index (χ1v) is 7.10. The van der Waals surface area contributed by atoms with Gasteiger partial charge < -0.3 is 0 Å². The number of hydrogen-bond acceptors (Lipinski definition) is 1. The Bertz CT molecular complexity index is 300. The normalized spacial score (nSPS) is 11.1. The van der Waals surface area contributed by atoms with Crippen LogP contribution in [-0.4, -0.2) is 18.0 Å². The van der Waals surface area contributed by atoms with E-state index in [9.17, 15) is 0 Å². The first-order chi connectivity index (χ1) is 8.30. The summed E-state index contributed by atoms with van der Waals surface area (Å²) in [6.07, 6.45) is 4.93. The van der Waals surface area contributed by atoms with Gasteiger partial charge in [0.2, 0.25) is 0 Å². The van der Waals surface area contributed by atoms with Crippen LogP contribution >= 0.6 is 0 Å². The predicted molar refractivity (Wildman–Crippen MR) is 76.3 cm³/mol. The van der Waals surface area contributed by atoms with Crippen LogP contribution in [0.1, 0.15) is 51.2 Å². The Hall–Kier alpha value is -0.820. The Kier molecular flexibility index (Phi) is 6.95. The third-order valence-electron chi connectivity index (χ3n) is 3.02. The molecule has 0 bridgehead atoms. The van der Waals surface area contributed by atoms with Gasteiger partial charge in [-0.2, -0.15) is 0 Å². The highest BCUT2D eigenvalue weighted by atomic mass is 15.1. The van der Waals surface area contributed by atoms with Gasteiger partial charge in [-0.3, -0.25) is 4.90 Å². The van der Waals surface area contributed by atoms with Crippen molar-refractivity contribution in [2.24, 2.45) is 0 Å². The fourth-order valence-corrected chi connectivity index (χ4v) is 2.33. The molecular weight excluding hydrogens is 206 g/mol. The molecule has 0 aromatic heterocycles. The van der Waals surface area contributed by atoms with Gasteiger partial charge in [-0.25, -0.2) is 0 Å². The lowest BCUT2D eigenvalue weighted by molar-refractivity contribution is 0.266. The molecule has 0 heterocycles. The van der Waals surface area contributed by atoms with Gasteiger partial charge in [-0.1, -0.05) is 51.5 Å². The minimum Gasteiger partial charge on any atom is -0.299 e. The molecule has 0 saturated carbocycles. The van der Waals surface area contributed by atoms with E-state index in [-0.39, 0.29) is 0 Å². The van der Waals surface area contributed by atoms with Crippen LogP contribution in [0.25, 0.3) is 0 Å². The lowest BCUT2D eigenvalue weighted by Crippen LogP contribution is -2.24. The van der Waals surface area contributed by atoms with Crippen molar-refractivity contribution in [3.05, 3.63) is 35.4 Å². The van der Waals surface area contributed by atoms with Crippen molar-refractivity contribution in [3.8, 4) is 0 Å². The van der Waals surface area contributed by atoms with E-state index in [0.717, 1.165) is 6.54 Å². The largest absolute Gasteiger partial charge is 0.299 e. The standard InChI is InChI=1S/C16H27N/c1-4-8-15-9-7-10-16(13-15)14-17(11-5-2)12-6-3/h7,9-10,13H,4-6,8,11-12,14H2,1-3H3.